The van der Waals surface area contributed by atoms with E-state index in [-0.39, 0.29) is 0 Å². The Bertz CT molecular complexity index is 594. The van der Waals surface area contributed by atoms with E-state index in [9.17, 15) is 4.79 Å². The molecule has 0 bridgehead atoms. The smallest absolute Gasteiger partial charge is 0.340 e. The minimum atomic E-state index is -0.459. The summed E-state index contributed by atoms with van der Waals surface area (Å²) in [6.07, 6.45) is 1.62. The van der Waals surface area contributed by atoms with Crippen molar-refractivity contribution < 1.29 is 9.53 Å². The largest absolute Gasteiger partial charge is 0.465 e. The Morgan fingerprint density at radius 1 is 1.53 bits per heavy atom. The van der Waals surface area contributed by atoms with Gasteiger partial charge in [-0.15, -0.1) is 10.2 Å². The fourth-order valence-electron chi connectivity index (χ4n) is 1.65. The lowest BCUT2D eigenvalue weighted by Gasteiger charge is -2.11. The summed E-state index contributed by atoms with van der Waals surface area (Å²) in [7, 11) is 3.17. The summed E-state index contributed by atoms with van der Waals surface area (Å²) in [4.78, 5) is 11.5. The number of para-hydroxylation sites is 1. The highest BCUT2D eigenvalue weighted by Gasteiger charge is 2.12. The van der Waals surface area contributed by atoms with Crippen LogP contribution in [0.1, 0.15) is 16.2 Å². The van der Waals surface area contributed by atoms with Crippen LogP contribution in [0.3, 0.4) is 0 Å². The van der Waals surface area contributed by atoms with Gasteiger partial charge in [-0.3, -0.25) is 0 Å². The molecule has 1 heterocycles. The van der Waals surface area contributed by atoms with E-state index in [1.165, 1.54) is 7.11 Å². The molecule has 0 atom stereocenters. The zero-order valence-corrected chi connectivity index (χ0v) is 10.8. The second-order valence-electron chi connectivity index (χ2n) is 3.97. The molecule has 1 aromatic heterocycles. The van der Waals surface area contributed by atoms with E-state index in [2.05, 4.69) is 20.3 Å². The lowest BCUT2D eigenvalue weighted by atomic mass is 10.1. The molecule has 0 saturated carbocycles. The van der Waals surface area contributed by atoms with Crippen molar-refractivity contribution in [2.45, 2.75) is 6.54 Å². The maximum absolute atomic E-state index is 11.5. The van der Waals surface area contributed by atoms with Gasteiger partial charge in [0.1, 0.15) is 6.33 Å². The number of aromatic nitrogens is 3. The minimum absolute atomic E-state index is 0.338. The van der Waals surface area contributed by atoms with Crippen LogP contribution in [0.2, 0.25) is 0 Å². The number of carbonyl (C=O) groups excluding carboxylic acids is 1. The van der Waals surface area contributed by atoms with Crippen LogP contribution in [0.5, 0.6) is 0 Å². The summed E-state index contributed by atoms with van der Waals surface area (Å²) in [5, 5.41) is 10.9. The molecule has 0 aliphatic rings. The van der Waals surface area contributed by atoms with Gasteiger partial charge < -0.3 is 20.4 Å². The number of esters is 1. The number of rotatable bonds is 4. The molecule has 0 unspecified atom stereocenters. The molecule has 2 aromatic rings. The molecule has 0 aliphatic carbocycles. The average molecular weight is 261 g/mol. The molecule has 0 radical (unpaired) electrons. The molecule has 100 valence electrons. The molecule has 2 rings (SSSR count). The molecule has 7 nitrogen and oxygen atoms in total. The molecule has 0 aliphatic heterocycles. The molecule has 0 spiro atoms. The molecule has 0 saturated heterocycles. The predicted octanol–water partition coefficient (Wildman–Crippen LogP) is 0.796. The van der Waals surface area contributed by atoms with E-state index >= 15 is 0 Å². The van der Waals surface area contributed by atoms with Crippen LogP contribution in [0.4, 0.5) is 11.4 Å². The summed E-state index contributed by atoms with van der Waals surface area (Å²) in [5.74, 6) is 0.308. The van der Waals surface area contributed by atoms with Gasteiger partial charge in [-0.25, -0.2) is 4.79 Å². The van der Waals surface area contributed by atoms with E-state index in [0.717, 1.165) is 5.82 Å². The van der Waals surface area contributed by atoms with Gasteiger partial charge in [0.2, 0.25) is 0 Å². The Labute approximate surface area is 110 Å². The minimum Gasteiger partial charge on any atom is -0.465 e. The van der Waals surface area contributed by atoms with Crippen molar-refractivity contribution in [1.82, 2.24) is 14.8 Å². The Hall–Kier alpha value is -2.57. The monoisotopic (exact) mass is 261 g/mol. The van der Waals surface area contributed by atoms with Crippen molar-refractivity contribution >= 4 is 17.3 Å². The number of aryl methyl sites for hydroxylation is 1. The standard InChI is InChI=1S/C12H15N5O2/c1-17-7-15-16-10(17)6-14-9-5-3-4-8(11(9)13)12(18)19-2/h3-5,7,14H,6,13H2,1-2H3. The molecule has 0 amide bonds. The van der Waals surface area contributed by atoms with Crippen molar-refractivity contribution in [3.8, 4) is 0 Å². The number of nitrogens with zero attached hydrogens (tertiary/aromatic N) is 3. The zero-order valence-electron chi connectivity index (χ0n) is 10.8. The fourth-order valence-corrected chi connectivity index (χ4v) is 1.65. The number of carbonyl (C=O) groups is 1. The fraction of sp³-hybridized carbons (Fsp3) is 0.250. The van der Waals surface area contributed by atoms with Gasteiger partial charge in [0.05, 0.1) is 30.6 Å². The Morgan fingerprint density at radius 3 is 2.95 bits per heavy atom. The van der Waals surface area contributed by atoms with Gasteiger partial charge in [0, 0.05) is 7.05 Å². The van der Waals surface area contributed by atoms with Gasteiger partial charge in [0.15, 0.2) is 5.82 Å². The van der Waals surface area contributed by atoms with Crippen LogP contribution in [0.15, 0.2) is 24.5 Å². The van der Waals surface area contributed by atoms with Crippen LogP contribution in [-0.4, -0.2) is 27.8 Å². The number of benzene rings is 1. The van der Waals surface area contributed by atoms with E-state index in [0.29, 0.717) is 23.5 Å². The number of methoxy groups -OCH3 is 1. The first kappa shape index (κ1) is 12.9. The van der Waals surface area contributed by atoms with Crippen LogP contribution in [0, 0.1) is 0 Å². The Morgan fingerprint density at radius 2 is 2.32 bits per heavy atom. The van der Waals surface area contributed by atoms with Crippen LogP contribution in [-0.2, 0) is 18.3 Å². The molecular formula is C12H15N5O2. The zero-order chi connectivity index (χ0) is 13.8. The summed E-state index contributed by atoms with van der Waals surface area (Å²) in [6, 6.07) is 5.15. The second kappa shape index (κ2) is 5.38. The van der Waals surface area contributed by atoms with Gasteiger partial charge in [-0.1, -0.05) is 6.07 Å². The topological polar surface area (TPSA) is 95.1 Å². The lowest BCUT2D eigenvalue weighted by Crippen LogP contribution is -2.11. The van der Waals surface area contributed by atoms with Crippen LogP contribution in [0.25, 0.3) is 0 Å². The SMILES string of the molecule is COC(=O)c1cccc(NCc2nncn2C)c1N. The quantitative estimate of drug-likeness (QED) is 0.624. The van der Waals surface area contributed by atoms with Crippen molar-refractivity contribution in [3.05, 3.63) is 35.9 Å². The molecule has 7 heteroatoms. The number of nitrogens with one attached hydrogen (secondary N) is 1. The van der Waals surface area contributed by atoms with E-state index in [4.69, 9.17) is 5.73 Å². The van der Waals surface area contributed by atoms with Crippen LogP contribution >= 0.6 is 0 Å². The van der Waals surface area contributed by atoms with Crippen molar-refractivity contribution in [3.63, 3.8) is 0 Å². The normalized spacial score (nSPS) is 10.2. The second-order valence-corrected chi connectivity index (χ2v) is 3.97. The van der Waals surface area contributed by atoms with Gasteiger partial charge in [0.25, 0.3) is 0 Å². The summed E-state index contributed by atoms with van der Waals surface area (Å²) in [6.45, 7) is 0.464. The lowest BCUT2D eigenvalue weighted by molar-refractivity contribution is 0.0602. The molecular weight excluding hydrogens is 246 g/mol. The van der Waals surface area contributed by atoms with E-state index in [1.807, 2.05) is 7.05 Å². The molecule has 1 aromatic carbocycles. The average Bonchev–Trinajstić information content (AvgIpc) is 2.82. The van der Waals surface area contributed by atoms with Crippen molar-refractivity contribution in [2.75, 3.05) is 18.2 Å². The van der Waals surface area contributed by atoms with Crippen LogP contribution < -0.4 is 11.1 Å². The number of ether oxygens (including phenoxy) is 1. The van der Waals surface area contributed by atoms with Gasteiger partial charge in [-0.05, 0) is 12.1 Å². The highest BCUT2D eigenvalue weighted by molar-refractivity contribution is 5.98. The number of nitrogen functional groups attached to an aromatic ring is 1. The van der Waals surface area contributed by atoms with Gasteiger partial charge in [-0.2, -0.15) is 0 Å². The third-order valence-corrected chi connectivity index (χ3v) is 2.75. The summed E-state index contributed by atoms with van der Waals surface area (Å²) in [5.41, 5.74) is 7.29. The van der Waals surface area contributed by atoms with E-state index in [1.54, 1.807) is 29.1 Å². The number of hydrogen-bond acceptors (Lipinski definition) is 6. The van der Waals surface area contributed by atoms with E-state index < -0.39 is 5.97 Å². The summed E-state index contributed by atoms with van der Waals surface area (Å²) >= 11 is 0. The van der Waals surface area contributed by atoms with Crippen molar-refractivity contribution in [1.29, 1.82) is 0 Å². The van der Waals surface area contributed by atoms with Gasteiger partial charge >= 0.3 is 5.97 Å². The van der Waals surface area contributed by atoms with Crippen molar-refractivity contribution in [2.24, 2.45) is 7.05 Å². The Kier molecular flexibility index (Phi) is 3.65. The number of nitrogens with two attached hydrogens (primary N) is 1. The summed E-state index contributed by atoms with van der Waals surface area (Å²) < 4.78 is 6.47. The molecule has 19 heavy (non-hydrogen) atoms. The molecule has 3 N–H and O–H groups in total. The first-order valence-electron chi connectivity index (χ1n) is 5.67. The first-order valence-corrected chi connectivity index (χ1v) is 5.67. The predicted molar refractivity (Wildman–Crippen MR) is 70.5 cm³/mol. The first-order chi connectivity index (χ1) is 9.13. The highest BCUT2D eigenvalue weighted by Crippen LogP contribution is 2.23. The Balaban J connectivity index is 2.17. The number of anilines is 2. The number of hydrogen-bond donors (Lipinski definition) is 2. The maximum Gasteiger partial charge on any atom is 0.340 e. The molecule has 0 fully saturated rings. The maximum atomic E-state index is 11.5. The highest BCUT2D eigenvalue weighted by atomic mass is 16.5. The third-order valence-electron chi connectivity index (χ3n) is 2.75. The third kappa shape index (κ3) is 2.65.